The monoisotopic (exact) mass is 831 g/mol. The van der Waals surface area contributed by atoms with Gasteiger partial charge in [-0.2, -0.15) is 0 Å². The van der Waals surface area contributed by atoms with E-state index in [-0.39, 0.29) is 30.4 Å². The SMILES string of the molecule is C=C(C)C(=O)NC[C@@]1(O)[C@H](OC(C)=O)[C@]2(CC)C=CCN3CC[C@@]4(c5cc([C@@]6(C(=O)OC)C[C@@H]7C=C(CC)CN(CCc8c6[nH]c6ccccc86)C7)c(OC)cc5N(C)[C@@H]14)C32. The standard InChI is InChI=1S/C49H61N5O7/c1-9-31-22-32-25-48(45(57)60-8,40-34(16-20-53(26-31)27-32)33-14-11-12-15-37(33)51-40)36-23-35-38(24-39(36)59-7)52(6)43-47(35)18-21-54-19-13-17-46(10-2,42(47)54)44(61-30(5)55)49(43,58)28-50-41(56)29(3)4/h11-15,17,22-24,32,42-44,51,58H,3,9-10,16,18-21,25-28H2,1-2,4-8H3,(H,50,56)/t32-,42?,43+,44+,46+,47+,48-,49-/m0/s1. The molecule has 2 fully saturated rings. The van der Waals surface area contributed by atoms with Crippen molar-refractivity contribution in [1.29, 1.82) is 0 Å². The Balaban J connectivity index is 1.35. The van der Waals surface area contributed by atoms with Crippen LogP contribution in [0.15, 0.2) is 72.4 Å². The summed E-state index contributed by atoms with van der Waals surface area (Å²) in [6.45, 7) is 15.0. The number of amides is 1. The van der Waals surface area contributed by atoms with Crippen molar-refractivity contribution in [3.63, 3.8) is 0 Å². The number of aromatic nitrogens is 1. The van der Waals surface area contributed by atoms with Gasteiger partial charge in [0.2, 0.25) is 5.91 Å². The minimum absolute atomic E-state index is 0.0334. The molecular formula is C49H61N5O7. The van der Waals surface area contributed by atoms with Gasteiger partial charge < -0.3 is 34.5 Å². The number of aromatic amines is 1. The Morgan fingerprint density at radius 2 is 1.85 bits per heavy atom. The third-order valence-corrected chi connectivity index (χ3v) is 15.6. The van der Waals surface area contributed by atoms with Crippen LogP contribution in [0.2, 0.25) is 0 Å². The number of esters is 2. The molecule has 1 aromatic heterocycles. The summed E-state index contributed by atoms with van der Waals surface area (Å²) in [5, 5.41) is 17.8. The van der Waals surface area contributed by atoms with Gasteiger partial charge in [-0.25, -0.2) is 0 Å². The first-order valence-corrected chi connectivity index (χ1v) is 22.0. The van der Waals surface area contributed by atoms with E-state index in [0.717, 1.165) is 78.0 Å². The zero-order chi connectivity index (χ0) is 43.2. The number of benzene rings is 2. The van der Waals surface area contributed by atoms with E-state index in [1.807, 2.05) is 19.2 Å². The molecule has 1 aliphatic carbocycles. The maximum atomic E-state index is 15.4. The molecule has 1 amide bonds. The van der Waals surface area contributed by atoms with E-state index in [2.05, 4.69) is 87.9 Å². The number of rotatable bonds is 9. The largest absolute Gasteiger partial charge is 0.496 e. The molecule has 1 spiro atoms. The molecule has 0 radical (unpaired) electrons. The zero-order valence-corrected chi connectivity index (χ0v) is 36.7. The van der Waals surface area contributed by atoms with Crippen molar-refractivity contribution in [1.82, 2.24) is 20.1 Å². The summed E-state index contributed by atoms with van der Waals surface area (Å²) >= 11 is 0. The van der Waals surface area contributed by atoms with Crippen molar-refractivity contribution in [3.05, 3.63) is 94.7 Å². The van der Waals surface area contributed by atoms with E-state index in [1.54, 1.807) is 14.0 Å². The fraction of sp³-hybridized carbons (Fsp3) is 0.531. The van der Waals surface area contributed by atoms with E-state index in [1.165, 1.54) is 19.6 Å². The molecule has 3 N–H and O–H groups in total. The van der Waals surface area contributed by atoms with Crippen LogP contribution in [0.1, 0.15) is 75.8 Å². The first-order chi connectivity index (χ1) is 29.2. The predicted molar refractivity (Wildman–Crippen MR) is 235 cm³/mol. The van der Waals surface area contributed by atoms with Crippen molar-refractivity contribution < 1.29 is 33.7 Å². The smallest absolute Gasteiger partial charge is 0.322 e. The molecule has 6 heterocycles. The second-order valence-electron chi connectivity index (χ2n) is 18.6. The zero-order valence-electron chi connectivity index (χ0n) is 36.7. The number of anilines is 1. The number of fused-ring (bicyclic) bond motifs is 6. The van der Waals surface area contributed by atoms with Crippen LogP contribution in [-0.4, -0.2) is 122 Å². The number of carbonyl (C=O) groups excluding carboxylic acids is 3. The van der Waals surface area contributed by atoms with Crippen LogP contribution in [0.4, 0.5) is 5.69 Å². The lowest BCUT2D eigenvalue weighted by Gasteiger charge is -2.64. The number of methoxy groups -OCH3 is 2. The predicted octanol–water partition coefficient (Wildman–Crippen LogP) is 5.32. The molecule has 2 bridgehead atoms. The van der Waals surface area contributed by atoms with Crippen LogP contribution in [0, 0.1) is 11.3 Å². The molecule has 3 aromatic rings. The van der Waals surface area contributed by atoms with Crippen molar-refractivity contribution in [2.75, 3.05) is 65.4 Å². The van der Waals surface area contributed by atoms with Gasteiger partial charge in [0.1, 0.15) is 22.9 Å². The summed E-state index contributed by atoms with van der Waals surface area (Å²) in [5.74, 6) is -0.679. The molecule has 61 heavy (non-hydrogen) atoms. The van der Waals surface area contributed by atoms with Crippen molar-refractivity contribution in [3.8, 4) is 5.75 Å². The maximum Gasteiger partial charge on any atom is 0.322 e. The van der Waals surface area contributed by atoms with Gasteiger partial charge in [-0.1, -0.05) is 62.4 Å². The highest BCUT2D eigenvalue weighted by atomic mass is 16.6. The Kier molecular flexibility index (Phi) is 10.1. The Bertz CT molecular complexity index is 2390. The molecule has 12 nitrogen and oxygen atoms in total. The van der Waals surface area contributed by atoms with Gasteiger partial charge in [0.05, 0.1) is 26.8 Å². The number of nitrogens with zero attached hydrogens (tertiary/aromatic N) is 3. The second kappa shape index (κ2) is 14.9. The third kappa shape index (κ3) is 5.77. The topological polar surface area (TPSA) is 137 Å². The molecule has 9 rings (SSSR count). The normalized spacial score (nSPS) is 33.5. The van der Waals surface area contributed by atoms with Crippen LogP contribution in [0.5, 0.6) is 5.75 Å². The molecule has 324 valence electrons. The summed E-state index contributed by atoms with van der Waals surface area (Å²) in [7, 11) is 5.12. The average molecular weight is 832 g/mol. The second-order valence-corrected chi connectivity index (χ2v) is 18.6. The lowest BCUT2D eigenvalue weighted by atomic mass is 9.47. The third-order valence-electron chi connectivity index (χ3n) is 15.6. The lowest BCUT2D eigenvalue weighted by Crippen LogP contribution is -2.81. The van der Waals surface area contributed by atoms with Gasteiger partial charge in [-0.3, -0.25) is 24.2 Å². The molecular weight excluding hydrogens is 771 g/mol. The first kappa shape index (κ1) is 41.4. The van der Waals surface area contributed by atoms with E-state index < -0.39 is 40.0 Å². The highest BCUT2D eigenvalue weighted by molar-refractivity contribution is 5.95. The number of hydrogen-bond acceptors (Lipinski definition) is 10. The maximum absolute atomic E-state index is 15.4. The minimum Gasteiger partial charge on any atom is -0.496 e. The number of para-hydroxylation sites is 1. The number of likely N-dealkylation sites (N-methyl/N-ethyl adjacent to an activating group) is 1. The highest BCUT2D eigenvalue weighted by Gasteiger charge is 2.78. The summed E-state index contributed by atoms with van der Waals surface area (Å²) in [5.41, 5.74) is 2.45. The molecule has 5 aliphatic heterocycles. The fourth-order valence-corrected chi connectivity index (χ4v) is 13.4. The van der Waals surface area contributed by atoms with E-state index in [9.17, 15) is 14.7 Å². The van der Waals surface area contributed by atoms with Gasteiger partial charge in [0.25, 0.3) is 0 Å². The Labute approximate surface area is 358 Å². The molecule has 1 saturated carbocycles. The quantitative estimate of drug-likeness (QED) is 0.148. The van der Waals surface area contributed by atoms with Crippen molar-refractivity contribution >= 4 is 34.4 Å². The molecule has 1 saturated heterocycles. The fourth-order valence-electron chi connectivity index (χ4n) is 13.4. The summed E-state index contributed by atoms with van der Waals surface area (Å²) in [6.07, 6.45) is 9.04. The molecule has 2 aromatic carbocycles. The number of H-pyrrole nitrogens is 1. The minimum atomic E-state index is -1.78. The Morgan fingerprint density at radius 1 is 1.07 bits per heavy atom. The highest BCUT2D eigenvalue weighted by Crippen LogP contribution is 2.68. The van der Waals surface area contributed by atoms with Crippen LogP contribution in [0.3, 0.4) is 0 Å². The van der Waals surface area contributed by atoms with Crippen molar-refractivity contribution in [2.24, 2.45) is 11.3 Å². The van der Waals surface area contributed by atoms with E-state index >= 15 is 4.79 Å². The number of hydrogen-bond donors (Lipinski definition) is 3. The van der Waals surface area contributed by atoms with E-state index in [4.69, 9.17) is 14.2 Å². The number of carbonyl (C=O) groups is 3. The number of aliphatic hydroxyl groups is 1. The summed E-state index contributed by atoms with van der Waals surface area (Å²) in [4.78, 5) is 52.8. The van der Waals surface area contributed by atoms with Crippen LogP contribution in [-0.2, 0) is 41.1 Å². The van der Waals surface area contributed by atoms with Crippen LogP contribution >= 0.6 is 0 Å². The van der Waals surface area contributed by atoms with Gasteiger partial charge >= 0.3 is 11.9 Å². The van der Waals surface area contributed by atoms with Gasteiger partial charge in [0, 0.05) is 96.5 Å². The van der Waals surface area contributed by atoms with Crippen molar-refractivity contribution in [2.45, 2.75) is 94.4 Å². The van der Waals surface area contributed by atoms with Gasteiger partial charge in [-0.05, 0) is 74.8 Å². The first-order valence-electron chi connectivity index (χ1n) is 22.0. The average Bonchev–Trinajstić information content (AvgIpc) is 3.92. The Hall–Kier alpha value is -4.91. The van der Waals surface area contributed by atoms with Gasteiger partial charge in [-0.15, -0.1) is 0 Å². The van der Waals surface area contributed by atoms with Gasteiger partial charge in [0.15, 0.2) is 0 Å². The summed E-state index contributed by atoms with van der Waals surface area (Å²) < 4.78 is 18.8. The molecule has 6 aliphatic rings. The van der Waals surface area contributed by atoms with E-state index in [0.29, 0.717) is 37.1 Å². The number of ether oxygens (including phenoxy) is 3. The Morgan fingerprint density at radius 3 is 2.56 bits per heavy atom. The molecule has 2 unspecified atom stereocenters. The van der Waals surface area contributed by atoms with Crippen LogP contribution in [0.25, 0.3) is 10.9 Å². The lowest BCUT2D eigenvalue weighted by molar-refractivity contribution is -0.217. The summed E-state index contributed by atoms with van der Waals surface area (Å²) in [6, 6.07) is 11.7. The molecule has 12 heteroatoms. The van der Waals surface area contributed by atoms with Crippen LogP contribution < -0.4 is 15.0 Å². The molecule has 9 atom stereocenters. The number of nitrogens with one attached hydrogen (secondary N) is 2.